The number of carbonyl (C=O) groups is 1. The highest BCUT2D eigenvalue weighted by Crippen LogP contribution is 2.20. The number of benzene rings is 1. The minimum absolute atomic E-state index is 0.173. The Hall–Kier alpha value is -1.40. The number of nitrogens with one attached hydrogen (secondary N) is 1. The second-order valence-corrected chi connectivity index (χ2v) is 6.70. The lowest BCUT2D eigenvalue weighted by Crippen LogP contribution is -2.52. The zero-order chi connectivity index (χ0) is 15.6. The van der Waals surface area contributed by atoms with Gasteiger partial charge in [0.2, 0.25) is 10.0 Å². The topological polar surface area (TPSA) is 72.5 Å². The molecule has 0 radical (unpaired) electrons. The van der Waals surface area contributed by atoms with E-state index in [-0.39, 0.29) is 4.90 Å². The summed E-state index contributed by atoms with van der Waals surface area (Å²) in [6, 6.07) is 5.05. The molecule has 0 bridgehead atoms. The molecule has 0 spiro atoms. The van der Waals surface area contributed by atoms with Crippen molar-refractivity contribution < 1.29 is 17.9 Å². The first-order chi connectivity index (χ1) is 9.16. The third kappa shape index (κ3) is 3.37. The normalized spacial score (nSPS) is 14.7. The Kier molecular flexibility index (Phi) is 4.94. The van der Waals surface area contributed by atoms with E-state index in [1.165, 1.54) is 14.0 Å². The van der Waals surface area contributed by atoms with Gasteiger partial charge in [-0.1, -0.05) is 24.6 Å². The molecule has 1 atom stereocenters. The van der Waals surface area contributed by atoms with E-state index in [4.69, 9.17) is 0 Å². The smallest absolute Gasteiger partial charge is 0.326 e. The second-order valence-electron chi connectivity index (χ2n) is 5.05. The molecule has 0 saturated carbocycles. The standard InChI is InChI=1S/C14H21NO4S/c1-6-14(4,13(16)19-5)15-20(17,18)12-8-7-10(2)9-11(12)3/h7-9,15H,6H2,1-5H3. The summed E-state index contributed by atoms with van der Waals surface area (Å²) in [5, 5.41) is 0. The summed E-state index contributed by atoms with van der Waals surface area (Å²) in [5.74, 6) is -0.603. The van der Waals surface area contributed by atoms with E-state index in [1.54, 1.807) is 32.0 Å². The Bertz CT molecular complexity index is 610. The minimum Gasteiger partial charge on any atom is -0.468 e. The van der Waals surface area contributed by atoms with Crippen LogP contribution in [0.3, 0.4) is 0 Å². The van der Waals surface area contributed by atoms with E-state index < -0.39 is 21.5 Å². The molecule has 1 N–H and O–H groups in total. The number of sulfonamides is 1. The summed E-state index contributed by atoms with van der Waals surface area (Å²) in [6.45, 7) is 6.85. The maximum atomic E-state index is 12.4. The quantitative estimate of drug-likeness (QED) is 0.843. The van der Waals surface area contributed by atoms with Crippen molar-refractivity contribution in [2.75, 3.05) is 7.11 Å². The fraction of sp³-hybridized carbons (Fsp3) is 0.500. The van der Waals surface area contributed by atoms with Crippen molar-refractivity contribution in [1.82, 2.24) is 4.72 Å². The van der Waals surface area contributed by atoms with Crippen LogP contribution < -0.4 is 4.72 Å². The van der Waals surface area contributed by atoms with E-state index in [1.807, 2.05) is 6.92 Å². The van der Waals surface area contributed by atoms with Gasteiger partial charge in [0.05, 0.1) is 12.0 Å². The number of aryl methyl sites for hydroxylation is 2. The molecule has 1 rings (SSSR count). The lowest BCUT2D eigenvalue weighted by atomic mass is 10.0. The Morgan fingerprint density at radius 1 is 1.35 bits per heavy atom. The van der Waals surface area contributed by atoms with Crippen molar-refractivity contribution in [3.63, 3.8) is 0 Å². The van der Waals surface area contributed by atoms with Crippen molar-refractivity contribution in [1.29, 1.82) is 0 Å². The van der Waals surface area contributed by atoms with Gasteiger partial charge >= 0.3 is 5.97 Å². The largest absolute Gasteiger partial charge is 0.468 e. The summed E-state index contributed by atoms with van der Waals surface area (Å²) in [4.78, 5) is 11.9. The van der Waals surface area contributed by atoms with E-state index in [0.717, 1.165) is 5.56 Å². The highest BCUT2D eigenvalue weighted by atomic mass is 32.2. The van der Waals surface area contributed by atoms with Gasteiger partial charge in [0, 0.05) is 0 Å². The Labute approximate surface area is 120 Å². The van der Waals surface area contributed by atoms with E-state index in [0.29, 0.717) is 12.0 Å². The average molecular weight is 299 g/mol. The summed E-state index contributed by atoms with van der Waals surface area (Å²) < 4.78 is 32.0. The van der Waals surface area contributed by atoms with Gasteiger partial charge in [-0.2, -0.15) is 4.72 Å². The first-order valence-electron chi connectivity index (χ1n) is 6.36. The zero-order valence-electron chi connectivity index (χ0n) is 12.5. The number of esters is 1. The van der Waals surface area contributed by atoms with E-state index >= 15 is 0 Å². The van der Waals surface area contributed by atoms with Crippen LogP contribution in [0.4, 0.5) is 0 Å². The van der Waals surface area contributed by atoms with Crippen LogP contribution in [0.15, 0.2) is 23.1 Å². The molecule has 0 aromatic heterocycles. The van der Waals surface area contributed by atoms with Crippen molar-refractivity contribution in [3.8, 4) is 0 Å². The summed E-state index contributed by atoms with van der Waals surface area (Å²) in [7, 11) is -2.55. The molecule has 1 aromatic carbocycles. The van der Waals surface area contributed by atoms with Gasteiger partial charge in [0.25, 0.3) is 0 Å². The molecular formula is C14H21NO4S. The fourth-order valence-corrected chi connectivity index (χ4v) is 3.60. The highest BCUT2D eigenvalue weighted by Gasteiger charge is 2.37. The summed E-state index contributed by atoms with van der Waals surface area (Å²) in [6.07, 6.45) is 0.295. The Balaban J connectivity index is 3.20. The number of hydrogen-bond donors (Lipinski definition) is 1. The van der Waals surface area contributed by atoms with Crippen LogP contribution in [0.2, 0.25) is 0 Å². The average Bonchev–Trinajstić information content (AvgIpc) is 2.36. The van der Waals surface area contributed by atoms with E-state index in [2.05, 4.69) is 9.46 Å². The third-order valence-electron chi connectivity index (χ3n) is 3.32. The number of rotatable bonds is 5. The molecule has 6 heteroatoms. The molecule has 0 amide bonds. The van der Waals surface area contributed by atoms with Crippen LogP contribution >= 0.6 is 0 Å². The molecule has 0 aliphatic heterocycles. The maximum Gasteiger partial charge on any atom is 0.326 e. The molecule has 0 aliphatic carbocycles. The van der Waals surface area contributed by atoms with Crippen LogP contribution in [0, 0.1) is 13.8 Å². The van der Waals surface area contributed by atoms with Crippen molar-refractivity contribution >= 4 is 16.0 Å². The van der Waals surface area contributed by atoms with Crippen molar-refractivity contribution in [2.24, 2.45) is 0 Å². The van der Waals surface area contributed by atoms with Crippen molar-refractivity contribution in [3.05, 3.63) is 29.3 Å². The monoisotopic (exact) mass is 299 g/mol. The Morgan fingerprint density at radius 2 is 1.95 bits per heavy atom. The zero-order valence-corrected chi connectivity index (χ0v) is 13.3. The predicted octanol–water partition coefficient (Wildman–Crippen LogP) is 1.92. The molecule has 1 unspecified atom stereocenters. The minimum atomic E-state index is -3.78. The van der Waals surface area contributed by atoms with Gasteiger partial charge in [-0.15, -0.1) is 0 Å². The van der Waals surface area contributed by atoms with Gasteiger partial charge in [-0.3, -0.25) is 4.79 Å². The van der Waals surface area contributed by atoms with Crippen LogP contribution in [-0.2, 0) is 19.6 Å². The third-order valence-corrected chi connectivity index (χ3v) is 5.08. The fourth-order valence-electron chi connectivity index (χ4n) is 1.94. The second kappa shape index (κ2) is 5.93. The lowest BCUT2D eigenvalue weighted by molar-refractivity contribution is -0.147. The molecule has 0 fully saturated rings. The molecule has 5 nitrogen and oxygen atoms in total. The molecular weight excluding hydrogens is 278 g/mol. The van der Waals surface area contributed by atoms with E-state index in [9.17, 15) is 13.2 Å². The maximum absolute atomic E-state index is 12.4. The van der Waals surface area contributed by atoms with Gasteiger partial charge in [0.15, 0.2) is 0 Å². The number of carbonyl (C=O) groups excluding carboxylic acids is 1. The van der Waals surface area contributed by atoms with Crippen LogP contribution in [0.25, 0.3) is 0 Å². The van der Waals surface area contributed by atoms with Crippen LogP contribution in [0.5, 0.6) is 0 Å². The van der Waals surface area contributed by atoms with Crippen LogP contribution in [0.1, 0.15) is 31.4 Å². The Morgan fingerprint density at radius 3 is 2.40 bits per heavy atom. The molecule has 0 aliphatic rings. The highest BCUT2D eigenvalue weighted by molar-refractivity contribution is 7.89. The summed E-state index contributed by atoms with van der Waals surface area (Å²) >= 11 is 0. The predicted molar refractivity (Wildman–Crippen MR) is 76.9 cm³/mol. The molecule has 0 saturated heterocycles. The van der Waals surface area contributed by atoms with Crippen molar-refractivity contribution in [2.45, 2.75) is 44.6 Å². The van der Waals surface area contributed by atoms with Gasteiger partial charge < -0.3 is 4.74 Å². The number of hydrogen-bond acceptors (Lipinski definition) is 4. The number of methoxy groups -OCH3 is 1. The molecule has 112 valence electrons. The van der Waals surface area contributed by atoms with Crippen LogP contribution in [-0.4, -0.2) is 27.0 Å². The number of ether oxygens (including phenoxy) is 1. The first kappa shape index (κ1) is 16.7. The SMILES string of the molecule is CCC(C)(NS(=O)(=O)c1ccc(C)cc1C)C(=O)OC. The molecule has 1 aromatic rings. The van der Waals surface area contributed by atoms with Gasteiger partial charge in [0.1, 0.15) is 5.54 Å². The molecule has 20 heavy (non-hydrogen) atoms. The first-order valence-corrected chi connectivity index (χ1v) is 7.84. The van der Waals surface area contributed by atoms with Gasteiger partial charge in [-0.25, -0.2) is 8.42 Å². The molecule has 0 heterocycles. The van der Waals surface area contributed by atoms with Gasteiger partial charge in [-0.05, 0) is 38.8 Å². The lowest BCUT2D eigenvalue weighted by Gasteiger charge is -2.26. The summed E-state index contributed by atoms with van der Waals surface area (Å²) in [5.41, 5.74) is 0.346.